The summed E-state index contributed by atoms with van der Waals surface area (Å²) in [4.78, 5) is 23.6. The number of aryl methyl sites for hydroxylation is 1. The summed E-state index contributed by atoms with van der Waals surface area (Å²) in [6.45, 7) is 1.31. The van der Waals surface area contributed by atoms with Crippen LogP contribution in [0.3, 0.4) is 0 Å². The molecule has 0 aliphatic carbocycles. The highest BCUT2D eigenvalue weighted by molar-refractivity contribution is 9.10. The van der Waals surface area contributed by atoms with Gasteiger partial charge in [-0.15, -0.1) is 0 Å². The quantitative estimate of drug-likeness (QED) is 0.817. The number of carbonyl (C=O) groups excluding carboxylic acids is 2. The number of benzene rings is 2. The van der Waals surface area contributed by atoms with Crippen LogP contribution >= 0.6 is 15.9 Å². The molecule has 2 aromatic rings. The van der Waals surface area contributed by atoms with Gasteiger partial charge in [0, 0.05) is 4.47 Å². The molecule has 0 unspecified atom stereocenters. The van der Waals surface area contributed by atoms with Crippen LogP contribution in [0.4, 0.5) is 5.69 Å². The number of esters is 1. The second kappa shape index (κ2) is 7.09. The number of anilines is 1. The lowest BCUT2D eigenvalue weighted by atomic mass is 10.1. The van der Waals surface area contributed by atoms with Crippen LogP contribution < -0.4 is 5.32 Å². The third-order valence-corrected chi connectivity index (χ3v) is 3.62. The fraction of sp³-hybridized carbons (Fsp3) is 0.125. The van der Waals surface area contributed by atoms with Gasteiger partial charge in [-0.05, 0) is 52.7 Å². The Morgan fingerprint density at radius 1 is 1.23 bits per heavy atom. The largest absolute Gasteiger partial charge is 0.508 e. The molecule has 2 aromatic carbocycles. The molecule has 0 saturated heterocycles. The summed E-state index contributed by atoms with van der Waals surface area (Å²) in [5, 5.41) is 12.2. The van der Waals surface area contributed by atoms with Crippen molar-refractivity contribution in [2.75, 3.05) is 11.9 Å². The summed E-state index contributed by atoms with van der Waals surface area (Å²) in [6, 6.07) is 11.6. The van der Waals surface area contributed by atoms with Crippen molar-refractivity contribution < 1.29 is 19.4 Å². The molecule has 0 radical (unpaired) electrons. The molecule has 0 atom stereocenters. The lowest BCUT2D eigenvalue weighted by Gasteiger charge is -2.08. The van der Waals surface area contributed by atoms with Crippen LogP contribution in [0.2, 0.25) is 0 Å². The standard InChI is InChI=1S/C16H14BrNO4/c1-10-6-7-11(8-14(10)19)16(21)22-9-15(20)18-13-5-3-2-4-12(13)17/h2-8,19H,9H2,1H3,(H,18,20). The van der Waals surface area contributed by atoms with Crippen molar-refractivity contribution in [3.8, 4) is 5.75 Å². The number of hydrogen-bond acceptors (Lipinski definition) is 4. The Kier molecular flexibility index (Phi) is 5.16. The van der Waals surface area contributed by atoms with Crippen LogP contribution in [-0.4, -0.2) is 23.6 Å². The van der Waals surface area contributed by atoms with Crippen LogP contribution in [0.1, 0.15) is 15.9 Å². The van der Waals surface area contributed by atoms with Crippen molar-refractivity contribution in [2.45, 2.75) is 6.92 Å². The molecule has 0 aliphatic rings. The summed E-state index contributed by atoms with van der Waals surface area (Å²) in [5.74, 6) is -1.11. The zero-order valence-electron chi connectivity index (χ0n) is 11.8. The van der Waals surface area contributed by atoms with E-state index in [4.69, 9.17) is 4.74 Å². The molecule has 5 nitrogen and oxygen atoms in total. The molecule has 0 fully saturated rings. The van der Waals surface area contributed by atoms with Gasteiger partial charge in [0.05, 0.1) is 11.3 Å². The maximum Gasteiger partial charge on any atom is 0.338 e. The van der Waals surface area contributed by atoms with E-state index in [1.165, 1.54) is 12.1 Å². The summed E-state index contributed by atoms with van der Waals surface area (Å²) in [7, 11) is 0. The number of hydrogen-bond donors (Lipinski definition) is 2. The van der Waals surface area contributed by atoms with Gasteiger partial charge in [0.15, 0.2) is 6.61 Å². The van der Waals surface area contributed by atoms with E-state index in [9.17, 15) is 14.7 Å². The van der Waals surface area contributed by atoms with Crippen molar-refractivity contribution in [3.05, 3.63) is 58.1 Å². The van der Waals surface area contributed by atoms with Gasteiger partial charge in [0.25, 0.3) is 5.91 Å². The predicted molar refractivity (Wildman–Crippen MR) is 85.9 cm³/mol. The molecule has 0 aromatic heterocycles. The van der Waals surface area contributed by atoms with Crippen LogP contribution in [0.25, 0.3) is 0 Å². The normalized spacial score (nSPS) is 10.1. The molecule has 2 N–H and O–H groups in total. The number of ether oxygens (including phenoxy) is 1. The number of nitrogens with one attached hydrogen (secondary N) is 1. The van der Waals surface area contributed by atoms with Gasteiger partial charge in [-0.1, -0.05) is 18.2 Å². The lowest BCUT2D eigenvalue weighted by Crippen LogP contribution is -2.21. The van der Waals surface area contributed by atoms with Crippen LogP contribution in [0, 0.1) is 6.92 Å². The fourth-order valence-electron chi connectivity index (χ4n) is 1.70. The van der Waals surface area contributed by atoms with Crippen LogP contribution in [0.5, 0.6) is 5.75 Å². The Labute approximate surface area is 136 Å². The first-order valence-corrected chi connectivity index (χ1v) is 7.28. The molecule has 114 valence electrons. The Morgan fingerprint density at radius 2 is 1.95 bits per heavy atom. The van der Waals surface area contributed by atoms with Crippen molar-refractivity contribution in [1.29, 1.82) is 0 Å². The highest BCUT2D eigenvalue weighted by Crippen LogP contribution is 2.21. The molecule has 22 heavy (non-hydrogen) atoms. The van der Waals surface area contributed by atoms with E-state index in [2.05, 4.69) is 21.2 Å². The molecular weight excluding hydrogens is 350 g/mol. The third kappa shape index (κ3) is 4.08. The van der Waals surface area contributed by atoms with Gasteiger partial charge in [-0.25, -0.2) is 4.79 Å². The van der Waals surface area contributed by atoms with Gasteiger partial charge in [0.1, 0.15) is 5.75 Å². The Bertz CT molecular complexity index is 715. The molecule has 0 heterocycles. The van der Waals surface area contributed by atoms with E-state index >= 15 is 0 Å². The first kappa shape index (κ1) is 16.0. The number of para-hydroxylation sites is 1. The molecule has 0 aliphatic heterocycles. The highest BCUT2D eigenvalue weighted by atomic mass is 79.9. The summed E-state index contributed by atoms with van der Waals surface area (Å²) in [6.07, 6.45) is 0. The smallest absolute Gasteiger partial charge is 0.338 e. The van der Waals surface area contributed by atoms with E-state index in [0.717, 1.165) is 4.47 Å². The van der Waals surface area contributed by atoms with E-state index in [-0.39, 0.29) is 11.3 Å². The van der Waals surface area contributed by atoms with Gasteiger partial charge >= 0.3 is 5.97 Å². The third-order valence-electron chi connectivity index (χ3n) is 2.93. The van der Waals surface area contributed by atoms with E-state index in [1.807, 2.05) is 6.07 Å². The van der Waals surface area contributed by atoms with Gasteiger partial charge in [-0.3, -0.25) is 4.79 Å². The number of phenols is 1. The number of aromatic hydroxyl groups is 1. The topological polar surface area (TPSA) is 75.6 Å². The first-order chi connectivity index (χ1) is 10.5. The minimum absolute atomic E-state index is 0.00659. The Morgan fingerprint density at radius 3 is 2.64 bits per heavy atom. The summed E-state index contributed by atoms with van der Waals surface area (Å²) in [5.41, 5.74) is 1.44. The maximum atomic E-state index is 11.8. The average Bonchev–Trinajstić information content (AvgIpc) is 2.50. The van der Waals surface area contributed by atoms with Gasteiger partial charge in [0.2, 0.25) is 0 Å². The minimum Gasteiger partial charge on any atom is -0.508 e. The Balaban J connectivity index is 1.92. The van der Waals surface area contributed by atoms with Gasteiger partial charge in [-0.2, -0.15) is 0 Å². The van der Waals surface area contributed by atoms with E-state index < -0.39 is 18.5 Å². The molecule has 6 heteroatoms. The molecular formula is C16H14BrNO4. The minimum atomic E-state index is -0.669. The van der Waals surface area contributed by atoms with Gasteiger partial charge < -0.3 is 15.2 Å². The zero-order chi connectivity index (χ0) is 16.1. The molecule has 0 spiro atoms. The van der Waals surface area contributed by atoms with E-state index in [1.54, 1.807) is 31.2 Å². The SMILES string of the molecule is Cc1ccc(C(=O)OCC(=O)Nc2ccccc2Br)cc1O. The first-order valence-electron chi connectivity index (χ1n) is 6.48. The van der Waals surface area contributed by atoms with Crippen molar-refractivity contribution >= 4 is 33.5 Å². The molecule has 2 rings (SSSR count). The lowest BCUT2D eigenvalue weighted by molar-refractivity contribution is -0.119. The van der Waals surface area contributed by atoms with Crippen molar-refractivity contribution in [3.63, 3.8) is 0 Å². The number of carbonyl (C=O) groups is 2. The molecule has 1 amide bonds. The average molecular weight is 364 g/mol. The molecule has 0 saturated carbocycles. The number of phenolic OH excluding ortho intramolecular Hbond substituents is 1. The maximum absolute atomic E-state index is 11.8. The van der Waals surface area contributed by atoms with E-state index in [0.29, 0.717) is 11.3 Å². The second-order valence-corrected chi connectivity index (χ2v) is 5.46. The molecule has 0 bridgehead atoms. The van der Waals surface area contributed by atoms with Crippen LogP contribution in [0.15, 0.2) is 46.9 Å². The highest BCUT2D eigenvalue weighted by Gasteiger charge is 2.12. The zero-order valence-corrected chi connectivity index (χ0v) is 13.4. The van der Waals surface area contributed by atoms with Crippen molar-refractivity contribution in [2.24, 2.45) is 0 Å². The fourth-order valence-corrected chi connectivity index (χ4v) is 2.08. The van der Waals surface area contributed by atoms with Crippen LogP contribution in [-0.2, 0) is 9.53 Å². The monoisotopic (exact) mass is 363 g/mol. The Hall–Kier alpha value is -2.34. The summed E-state index contributed by atoms with van der Waals surface area (Å²) < 4.78 is 5.65. The second-order valence-electron chi connectivity index (χ2n) is 4.61. The number of amides is 1. The summed E-state index contributed by atoms with van der Waals surface area (Å²) >= 11 is 3.31. The number of rotatable bonds is 4. The number of halogens is 1. The predicted octanol–water partition coefficient (Wildman–Crippen LogP) is 3.26. The van der Waals surface area contributed by atoms with Crippen molar-refractivity contribution in [1.82, 2.24) is 0 Å².